The van der Waals surface area contributed by atoms with E-state index >= 15 is 0 Å². The number of aromatic nitrogens is 3. The van der Waals surface area contributed by atoms with Crippen LogP contribution in [-0.4, -0.2) is 70.0 Å². The number of amides is 1. The van der Waals surface area contributed by atoms with E-state index in [2.05, 4.69) is 10.2 Å². The van der Waals surface area contributed by atoms with Gasteiger partial charge >= 0.3 is 0 Å². The molecule has 1 aromatic heterocycles. The number of hydrogen-bond acceptors (Lipinski definition) is 7. The first-order valence-corrected chi connectivity index (χ1v) is 9.30. The van der Waals surface area contributed by atoms with E-state index in [1.54, 1.807) is 38.0 Å². The molecular weight excluding hydrogens is 378 g/mol. The van der Waals surface area contributed by atoms with Crippen molar-refractivity contribution in [3.05, 3.63) is 36.4 Å². The molecule has 158 valence electrons. The van der Waals surface area contributed by atoms with Crippen molar-refractivity contribution >= 4 is 11.9 Å². The zero-order chi connectivity index (χ0) is 21.2. The number of nitrogens with two attached hydrogens (primary N) is 1. The second-order valence-electron chi connectivity index (χ2n) is 6.45. The Hall–Kier alpha value is -3.14. The molecule has 3 rings (SSSR count). The molecule has 0 radical (unpaired) electrons. The molecule has 0 saturated carbocycles. The molecule has 0 bridgehead atoms. The highest BCUT2D eigenvalue weighted by Gasteiger charge is 2.25. The molecule has 0 atom stereocenters. The third kappa shape index (κ3) is 6.46. The van der Waals surface area contributed by atoms with Crippen molar-refractivity contribution in [1.29, 1.82) is 0 Å². The van der Waals surface area contributed by atoms with E-state index < -0.39 is 5.97 Å². The Labute approximate surface area is 169 Å². The Balaban J connectivity index is 0.000000687. The lowest BCUT2D eigenvalue weighted by Crippen LogP contribution is -2.38. The summed E-state index contributed by atoms with van der Waals surface area (Å²) < 4.78 is 12.9. The molecule has 1 aliphatic heterocycles. The number of aliphatic carboxylic acids is 1. The number of rotatable bonds is 6. The molecule has 1 aliphatic rings. The van der Waals surface area contributed by atoms with Gasteiger partial charge in [0.2, 0.25) is 0 Å². The molecule has 29 heavy (non-hydrogen) atoms. The van der Waals surface area contributed by atoms with Crippen LogP contribution in [0.4, 0.5) is 0 Å². The van der Waals surface area contributed by atoms with Crippen LogP contribution in [0.5, 0.6) is 11.5 Å². The van der Waals surface area contributed by atoms with Crippen molar-refractivity contribution in [1.82, 2.24) is 19.7 Å². The van der Waals surface area contributed by atoms with Crippen LogP contribution in [-0.2, 0) is 4.79 Å². The number of carboxylic acids is 1. The van der Waals surface area contributed by atoms with Crippen LogP contribution in [0.1, 0.15) is 36.2 Å². The van der Waals surface area contributed by atoms with Crippen LogP contribution in [0, 0.1) is 0 Å². The summed E-state index contributed by atoms with van der Waals surface area (Å²) in [5.41, 5.74) is 6.05. The molecular formula is C19H27N5O5. The summed E-state index contributed by atoms with van der Waals surface area (Å²) in [4.78, 5) is 23.6. The third-order valence-corrected chi connectivity index (χ3v) is 4.40. The number of piperidine rings is 1. The van der Waals surface area contributed by atoms with Gasteiger partial charge in [0.05, 0.1) is 7.11 Å². The molecule has 0 aliphatic carbocycles. The van der Waals surface area contributed by atoms with Crippen molar-refractivity contribution in [2.24, 2.45) is 5.73 Å². The highest BCUT2D eigenvalue weighted by atomic mass is 16.5. The summed E-state index contributed by atoms with van der Waals surface area (Å²) in [5, 5.41) is 15.1. The Bertz CT molecular complexity index is 784. The minimum atomic E-state index is -0.833. The molecule has 10 nitrogen and oxygen atoms in total. The van der Waals surface area contributed by atoms with Gasteiger partial charge in [-0.3, -0.25) is 9.59 Å². The maximum absolute atomic E-state index is 12.8. The van der Waals surface area contributed by atoms with Gasteiger partial charge in [-0.15, -0.1) is 10.2 Å². The highest BCUT2D eigenvalue weighted by Crippen LogP contribution is 2.29. The third-order valence-electron chi connectivity index (χ3n) is 4.40. The second-order valence-corrected chi connectivity index (χ2v) is 6.45. The maximum atomic E-state index is 12.8. The fourth-order valence-corrected chi connectivity index (χ4v) is 3.04. The van der Waals surface area contributed by atoms with Crippen LogP contribution >= 0.6 is 0 Å². The lowest BCUT2D eigenvalue weighted by atomic mass is 10.0. The first-order chi connectivity index (χ1) is 14.0. The number of likely N-dealkylation sites (tertiary alicyclic amines) is 1. The predicted octanol–water partition coefficient (Wildman–Crippen LogP) is 1.19. The lowest BCUT2D eigenvalue weighted by molar-refractivity contribution is -0.134. The lowest BCUT2D eigenvalue weighted by Gasteiger charge is -2.32. The van der Waals surface area contributed by atoms with Gasteiger partial charge < -0.3 is 29.8 Å². The van der Waals surface area contributed by atoms with Crippen molar-refractivity contribution in [3.8, 4) is 11.5 Å². The summed E-state index contributed by atoms with van der Waals surface area (Å²) >= 11 is 0. The van der Waals surface area contributed by atoms with Crippen LogP contribution in [0.3, 0.4) is 0 Å². The van der Waals surface area contributed by atoms with Gasteiger partial charge in [-0.2, -0.15) is 0 Å². The molecule has 1 fully saturated rings. The zero-order valence-corrected chi connectivity index (χ0v) is 16.7. The maximum Gasteiger partial charge on any atom is 0.300 e. The molecule has 1 aromatic carbocycles. The Morgan fingerprint density at radius 3 is 2.38 bits per heavy atom. The SMILES string of the molecule is CC(=O)O.COc1cc(C(=O)N2CCC(n3cnnc3)CC2)ccc1OCCN. The summed E-state index contributed by atoms with van der Waals surface area (Å²) in [6.45, 7) is 3.32. The number of benzene rings is 1. The van der Waals surface area contributed by atoms with Gasteiger partial charge in [-0.05, 0) is 31.0 Å². The summed E-state index contributed by atoms with van der Waals surface area (Å²) in [6, 6.07) is 5.59. The molecule has 0 spiro atoms. The topological polar surface area (TPSA) is 133 Å². The van der Waals surface area contributed by atoms with E-state index in [-0.39, 0.29) is 5.91 Å². The highest BCUT2D eigenvalue weighted by molar-refractivity contribution is 5.95. The van der Waals surface area contributed by atoms with Gasteiger partial charge in [-0.1, -0.05) is 0 Å². The molecule has 2 heterocycles. The molecule has 3 N–H and O–H groups in total. The number of nitrogens with zero attached hydrogens (tertiary/aromatic N) is 4. The summed E-state index contributed by atoms with van der Waals surface area (Å²) in [7, 11) is 1.56. The quantitative estimate of drug-likeness (QED) is 0.732. The summed E-state index contributed by atoms with van der Waals surface area (Å²) in [6.07, 6.45) is 5.23. The van der Waals surface area contributed by atoms with Crippen LogP contribution in [0.2, 0.25) is 0 Å². The van der Waals surface area contributed by atoms with Gasteiger partial charge in [-0.25, -0.2) is 0 Å². The van der Waals surface area contributed by atoms with Crippen molar-refractivity contribution in [2.75, 3.05) is 33.4 Å². The fourth-order valence-electron chi connectivity index (χ4n) is 3.04. The number of hydrogen-bond donors (Lipinski definition) is 2. The number of carboxylic acid groups (broad SMARTS) is 1. The van der Waals surface area contributed by atoms with Crippen molar-refractivity contribution in [2.45, 2.75) is 25.8 Å². The van der Waals surface area contributed by atoms with Crippen molar-refractivity contribution in [3.63, 3.8) is 0 Å². The molecule has 1 amide bonds. The van der Waals surface area contributed by atoms with E-state index in [0.717, 1.165) is 19.8 Å². The number of carbonyl (C=O) groups is 2. The van der Waals surface area contributed by atoms with Gasteiger partial charge in [0.25, 0.3) is 11.9 Å². The normalized spacial score (nSPS) is 14.0. The second kappa shape index (κ2) is 11.0. The summed E-state index contributed by atoms with van der Waals surface area (Å²) in [5.74, 6) is 0.306. The minimum absolute atomic E-state index is 0.00545. The zero-order valence-electron chi connectivity index (χ0n) is 16.7. The number of methoxy groups -OCH3 is 1. The molecule has 10 heteroatoms. The standard InChI is InChI=1S/C17H23N5O3.C2H4O2/c1-24-16-10-13(2-3-15(16)25-9-6-18)17(23)21-7-4-14(5-8-21)22-11-19-20-12-22;1-2(3)4/h2-3,10-12,14H,4-9,18H2,1H3;1H3,(H,3,4). The number of carbonyl (C=O) groups excluding carboxylic acids is 1. The molecule has 0 unspecified atom stereocenters. The molecule has 1 saturated heterocycles. The first kappa shape index (κ1) is 22.2. The Kier molecular flexibility index (Phi) is 8.41. The van der Waals surface area contributed by atoms with E-state index in [1.165, 1.54) is 0 Å². The monoisotopic (exact) mass is 405 g/mol. The van der Waals surface area contributed by atoms with Gasteiger partial charge in [0, 0.05) is 38.2 Å². The number of ether oxygens (including phenoxy) is 2. The Morgan fingerprint density at radius 2 is 1.83 bits per heavy atom. The van der Waals surface area contributed by atoms with E-state index in [1.807, 2.05) is 9.47 Å². The average Bonchev–Trinajstić information content (AvgIpc) is 3.26. The van der Waals surface area contributed by atoms with Crippen LogP contribution in [0.25, 0.3) is 0 Å². The first-order valence-electron chi connectivity index (χ1n) is 9.30. The van der Waals surface area contributed by atoms with E-state index in [0.29, 0.717) is 49.3 Å². The van der Waals surface area contributed by atoms with Crippen molar-refractivity contribution < 1.29 is 24.2 Å². The average molecular weight is 405 g/mol. The fraction of sp³-hybridized carbons (Fsp3) is 0.474. The molecule has 2 aromatic rings. The van der Waals surface area contributed by atoms with Gasteiger partial charge in [0.1, 0.15) is 19.3 Å². The van der Waals surface area contributed by atoms with E-state index in [4.69, 9.17) is 25.1 Å². The van der Waals surface area contributed by atoms with E-state index in [9.17, 15) is 4.79 Å². The largest absolute Gasteiger partial charge is 0.493 e. The Morgan fingerprint density at radius 1 is 1.21 bits per heavy atom. The minimum Gasteiger partial charge on any atom is -0.493 e. The van der Waals surface area contributed by atoms with Crippen LogP contribution < -0.4 is 15.2 Å². The van der Waals surface area contributed by atoms with Gasteiger partial charge in [0.15, 0.2) is 11.5 Å². The smallest absolute Gasteiger partial charge is 0.300 e. The van der Waals surface area contributed by atoms with Crippen LogP contribution in [0.15, 0.2) is 30.9 Å². The predicted molar refractivity (Wildman–Crippen MR) is 105 cm³/mol.